The zero-order valence-corrected chi connectivity index (χ0v) is 9.84. The summed E-state index contributed by atoms with van der Waals surface area (Å²) in [4.78, 5) is 0. The van der Waals surface area contributed by atoms with Crippen molar-refractivity contribution in [3.05, 3.63) is 28.8 Å². The summed E-state index contributed by atoms with van der Waals surface area (Å²) in [5.41, 5.74) is 1.18. The molecule has 17 heavy (non-hydrogen) atoms. The molecule has 4 heteroatoms. The predicted octanol–water partition coefficient (Wildman–Crippen LogP) is 2.79. The Labute approximate surface area is 99.7 Å². The molecule has 1 atom stereocenters. The van der Waals surface area contributed by atoms with Gasteiger partial charge < -0.3 is 10.4 Å². The number of phenols is 1. The van der Waals surface area contributed by atoms with E-state index in [1.54, 1.807) is 13.0 Å². The number of aromatic hydroxyl groups is 1. The van der Waals surface area contributed by atoms with Gasteiger partial charge in [-0.1, -0.05) is 11.6 Å². The molecule has 1 aliphatic rings. The van der Waals surface area contributed by atoms with Gasteiger partial charge in [-0.25, -0.2) is 8.78 Å². The Morgan fingerprint density at radius 2 is 2.24 bits per heavy atom. The van der Waals surface area contributed by atoms with E-state index in [2.05, 4.69) is 5.32 Å². The fraction of sp³-hybridized carbons (Fsp3) is 0.538. The molecule has 1 heterocycles. The third kappa shape index (κ3) is 2.75. The first-order chi connectivity index (χ1) is 8.08. The SMILES string of the molecule is Cc1cc(CC2CCNC2)c(O)c(C(F)F)c1. The van der Waals surface area contributed by atoms with Gasteiger partial charge in [0.2, 0.25) is 0 Å². The lowest BCUT2D eigenvalue weighted by Crippen LogP contribution is -2.11. The first-order valence-corrected chi connectivity index (χ1v) is 5.89. The Hall–Kier alpha value is -1.16. The van der Waals surface area contributed by atoms with Crippen molar-refractivity contribution in [2.45, 2.75) is 26.2 Å². The molecule has 1 unspecified atom stereocenters. The van der Waals surface area contributed by atoms with E-state index in [0.29, 0.717) is 17.9 Å². The second-order valence-electron chi connectivity index (χ2n) is 4.73. The average Bonchev–Trinajstić information content (AvgIpc) is 2.75. The highest BCUT2D eigenvalue weighted by atomic mass is 19.3. The van der Waals surface area contributed by atoms with Crippen LogP contribution in [0.3, 0.4) is 0 Å². The molecule has 2 N–H and O–H groups in total. The number of phenolic OH excluding ortho intramolecular Hbond substituents is 1. The monoisotopic (exact) mass is 241 g/mol. The quantitative estimate of drug-likeness (QED) is 0.852. The Morgan fingerprint density at radius 1 is 1.47 bits per heavy atom. The number of aryl methyl sites for hydroxylation is 1. The Bertz CT molecular complexity index is 401. The highest BCUT2D eigenvalue weighted by Crippen LogP contribution is 2.34. The molecule has 1 aromatic rings. The second kappa shape index (κ2) is 5.00. The molecular formula is C13H17F2NO. The van der Waals surface area contributed by atoms with Crippen LogP contribution in [0.25, 0.3) is 0 Å². The van der Waals surface area contributed by atoms with E-state index in [0.717, 1.165) is 25.1 Å². The van der Waals surface area contributed by atoms with Crippen molar-refractivity contribution >= 4 is 0 Å². The van der Waals surface area contributed by atoms with Crippen LogP contribution in [-0.4, -0.2) is 18.2 Å². The minimum absolute atomic E-state index is 0.225. The maximum Gasteiger partial charge on any atom is 0.267 e. The van der Waals surface area contributed by atoms with Crippen molar-refractivity contribution in [1.82, 2.24) is 5.32 Å². The third-order valence-corrected chi connectivity index (χ3v) is 3.27. The van der Waals surface area contributed by atoms with Crippen LogP contribution in [0.5, 0.6) is 5.75 Å². The summed E-state index contributed by atoms with van der Waals surface area (Å²) in [6.07, 6.45) is -0.909. The van der Waals surface area contributed by atoms with Crippen LogP contribution in [0.1, 0.15) is 29.5 Å². The topological polar surface area (TPSA) is 32.3 Å². The lowest BCUT2D eigenvalue weighted by molar-refractivity contribution is 0.147. The lowest BCUT2D eigenvalue weighted by atomic mass is 9.95. The van der Waals surface area contributed by atoms with Crippen LogP contribution >= 0.6 is 0 Å². The summed E-state index contributed by atoms with van der Waals surface area (Å²) in [6.45, 7) is 3.65. The summed E-state index contributed by atoms with van der Waals surface area (Å²) in [7, 11) is 0. The number of halogens is 2. The number of alkyl halides is 2. The Kier molecular flexibility index (Phi) is 3.62. The Balaban J connectivity index is 2.26. The van der Waals surface area contributed by atoms with Crippen LogP contribution in [-0.2, 0) is 6.42 Å². The molecule has 0 amide bonds. The van der Waals surface area contributed by atoms with E-state index in [-0.39, 0.29) is 11.3 Å². The largest absolute Gasteiger partial charge is 0.507 e. The maximum atomic E-state index is 12.7. The standard InChI is InChI=1S/C13H17F2NO/c1-8-4-10(6-9-2-3-16-7-9)12(17)11(5-8)13(14)15/h4-5,9,13,16-17H,2-3,6-7H2,1H3. The normalized spacial score (nSPS) is 20.1. The zero-order chi connectivity index (χ0) is 12.4. The first-order valence-electron chi connectivity index (χ1n) is 5.89. The van der Waals surface area contributed by atoms with Gasteiger partial charge >= 0.3 is 0 Å². The van der Waals surface area contributed by atoms with E-state index in [1.165, 1.54) is 6.07 Å². The van der Waals surface area contributed by atoms with Crippen LogP contribution < -0.4 is 5.32 Å². The minimum atomic E-state index is -2.62. The zero-order valence-electron chi connectivity index (χ0n) is 9.84. The van der Waals surface area contributed by atoms with Crippen LogP contribution in [0.15, 0.2) is 12.1 Å². The average molecular weight is 241 g/mol. The molecule has 2 rings (SSSR count). The van der Waals surface area contributed by atoms with E-state index in [9.17, 15) is 13.9 Å². The number of hydrogen-bond acceptors (Lipinski definition) is 2. The highest BCUT2D eigenvalue weighted by Gasteiger charge is 2.20. The number of nitrogens with one attached hydrogen (secondary N) is 1. The van der Waals surface area contributed by atoms with Crippen molar-refractivity contribution in [1.29, 1.82) is 0 Å². The molecule has 0 aromatic heterocycles. The van der Waals surface area contributed by atoms with Crippen molar-refractivity contribution in [2.75, 3.05) is 13.1 Å². The van der Waals surface area contributed by atoms with Gasteiger partial charge in [-0.15, -0.1) is 0 Å². The molecule has 2 nitrogen and oxygen atoms in total. The van der Waals surface area contributed by atoms with E-state index < -0.39 is 6.43 Å². The summed E-state index contributed by atoms with van der Waals surface area (Å²) in [6, 6.07) is 3.16. The van der Waals surface area contributed by atoms with Gasteiger partial charge in [-0.05, 0) is 50.4 Å². The van der Waals surface area contributed by atoms with Gasteiger partial charge in [0.05, 0.1) is 5.56 Å². The van der Waals surface area contributed by atoms with Crippen molar-refractivity contribution < 1.29 is 13.9 Å². The molecule has 0 bridgehead atoms. The Morgan fingerprint density at radius 3 is 2.82 bits per heavy atom. The summed E-state index contributed by atoms with van der Waals surface area (Å²) in [5.74, 6) is 0.214. The number of hydrogen-bond donors (Lipinski definition) is 2. The molecule has 94 valence electrons. The van der Waals surface area contributed by atoms with Crippen molar-refractivity contribution in [3.8, 4) is 5.75 Å². The van der Waals surface area contributed by atoms with Crippen molar-refractivity contribution in [3.63, 3.8) is 0 Å². The number of benzene rings is 1. The fourth-order valence-corrected chi connectivity index (χ4v) is 2.41. The summed E-state index contributed by atoms with van der Waals surface area (Å²) < 4.78 is 25.5. The molecule has 0 aliphatic carbocycles. The maximum absolute atomic E-state index is 12.7. The lowest BCUT2D eigenvalue weighted by Gasteiger charge is -2.14. The molecule has 1 saturated heterocycles. The first kappa shape index (κ1) is 12.3. The van der Waals surface area contributed by atoms with Crippen molar-refractivity contribution in [2.24, 2.45) is 5.92 Å². The van der Waals surface area contributed by atoms with Gasteiger partial charge in [-0.2, -0.15) is 0 Å². The predicted molar refractivity (Wildman–Crippen MR) is 62.5 cm³/mol. The van der Waals surface area contributed by atoms with Gasteiger partial charge in [0.15, 0.2) is 0 Å². The minimum Gasteiger partial charge on any atom is -0.507 e. The molecular weight excluding hydrogens is 224 g/mol. The van der Waals surface area contributed by atoms with Gasteiger partial charge in [-0.3, -0.25) is 0 Å². The molecule has 0 radical (unpaired) electrons. The molecule has 0 saturated carbocycles. The molecule has 1 aromatic carbocycles. The summed E-state index contributed by atoms with van der Waals surface area (Å²) in [5, 5.41) is 13.1. The van der Waals surface area contributed by atoms with Crippen LogP contribution in [0, 0.1) is 12.8 Å². The van der Waals surface area contributed by atoms with E-state index in [1.807, 2.05) is 0 Å². The van der Waals surface area contributed by atoms with Gasteiger partial charge in [0.1, 0.15) is 5.75 Å². The van der Waals surface area contributed by atoms with E-state index >= 15 is 0 Å². The third-order valence-electron chi connectivity index (χ3n) is 3.27. The molecule has 1 fully saturated rings. The highest BCUT2D eigenvalue weighted by molar-refractivity contribution is 5.44. The van der Waals surface area contributed by atoms with Gasteiger partial charge in [0.25, 0.3) is 6.43 Å². The molecule has 0 spiro atoms. The smallest absolute Gasteiger partial charge is 0.267 e. The molecule has 1 aliphatic heterocycles. The van der Waals surface area contributed by atoms with E-state index in [4.69, 9.17) is 0 Å². The van der Waals surface area contributed by atoms with Gasteiger partial charge in [0, 0.05) is 0 Å². The van der Waals surface area contributed by atoms with Crippen LogP contribution in [0.2, 0.25) is 0 Å². The fourth-order valence-electron chi connectivity index (χ4n) is 2.41. The summed E-state index contributed by atoms with van der Waals surface area (Å²) >= 11 is 0. The number of rotatable bonds is 3. The van der Waals surface area contributed by atoms with Crippen LogP contribution in [0.4, 0.5) is 8.78 Å². The second-order valence-corrected chi connectivity index (χ2v) is 4.73.